The molecule has 4 heterocycles. The second kappa shape index (κ2) is 7.68. The zero-order chi connectivity index (χ0) is 21.5. The zero-order valence-electron chi connectivity index (χ0n) is 18.1. The van der Waals surface area contributed by atoms with Crippen molar-refractivity contribution in [2.75, 3.05) is 18.4 Å². The molecule has 2 amide bonds. The van der Waals surface area contributed by atoms with Crippen molar-refractivity contribution in [3.8, 4) is 0 Å². The molecule has 0 bridgehead atoms. The van der Waals surface area contributed by atoms with Gasteiger partial charge >= 0.3 is 6.03 Å². The van der Waals surface area contributed by atoms with Gasteiger partial charge in [0.2, 0.25) is 0 Å². The Bertz CT molecular complexity index is 1260. The number of H-pyrrole nitrogens is 1. The lowest BCUT2D eigenvalue weighted by atomic mass is 9.89. The summed E-state index contributed by atoms with van der Waals surface area (Å²) in [6, 6.07) is 8.30. The van der Waals surface area contributed by atoms with E-state index in [1.807, 2.05) is 24.8 Å². The van der Waals surface area contributed by atoms with Gasteiger partial charge in [-0.05, 0) is 56.2 Å². The normalized spacial score (nSPS) is 15.1. The number of aromatic amines is 1. The number of nitrogens with zero attached hydrogens (tertiary/aromatic N) is 5. The number of anilines is 1. The molecule has 0 saturated carbocycles. The Morgan fingerprint density at radius 2 is 2.03 bits per heavy atom. The summed E-state index contributed by atoms with van der Waals surface area (Å²) in [4.78, 5) is 26.8. The molecule has 8 heteroatoms. The van der Waals surface area contributed by atoms with Gasteiger partial charge in [-0.25, -0.2) is 9.78 Å². The van der Waals surface area contributed by atoms with Crippen LogP contribution in [0.5, 0.6) is 0 Å². The molecule has 1 aliphatic rings. The number of fused-ring (bicyclic) bond motifs is 2. The standard InChI is InChI=1S/C23H27N7O/c1-4-16-6-5-7-18-19(13-24-20(16)18)17-8-10-29(11-9-17)23(31)27-21-26-22-25-14(2)12-15(3)30(22)28-21/h5-7,12-13,17,24H,4,8-11H2,1-3H3,(H,27,28,31). The molecule has 1 saturated heterocycles. The highest BCUT2D eigenvalue weighted by Crippen LogP contribution is 2.34. The first-order valence-electron chi connectivity index (χ1n) is 10.9. The van der Waals surface area contributed by atoms with Crippen molar-refractivity contribution in [2.45, 2.75) is 46.0 Å². The summed E-state index contributed by atoms with van der Waals surface area (Å²) in [6.45, 7) is 7.46. The van der Waals surface area contributed by atoms with E-state index in [1.54, 1.807) is 4.52 Å². The molecule has 160 valence electrons. The van der Waals surface area contributed by atoms with Crippen molar-refractivity contribution < 1.29 is 4.79 Å². The average molecular weight is 418 g/mol. The van der Waals surface area contributed by atoms with Crippen LogP contribution >= 0.6 is 0 Å². The second-order valence-electron chi connectivity index (χ2n) is 8.31. The number of amides is 2. The molecule has 31 heavy (non-hydrogen) atoms. The van der Waals surface area contributed by atoms with Crippen molar-refractivity contribution >= 4 is 28.7 Å². The number of piperidine rings is 1. The lowest BCUT2D eigenvalue weighted by molar-refractivity contribution is 0.194. The van der Waals surface area contributed by atoms with Gasteiger partial charge in [-0.2, -0.15) is 9.50 Å². The predicted octanol–water partition coefficient (Wildman–Crippen LogP) is 4.20. The highest BCUT2D eigenvalue weighted by molar-refractivity contribution is 5.88. The van der Waals surface area contributed by atoms with Crippen LogP contribution in [0.1, 0.15) is 48.2 Å². The van der Waals surface area contributed by atoms with E-state index in [0.29, 0.717) is 24.8 Å². The summed E-state index contributed by atoms with van der Waals surface area (Å²) in [5, 5.41) is 8.53. The van der Waals surface area contributed by atoms with E-state index < -0.39 is 0 Å². The minimum atomic E-state index is -0.157. The Morgan fingerprint density at radius 1 is 1.23 bits per heavy atom. The number of nitrogens with one attached hydrogen (secondary N) is 2. The Morgan fingerprint density at radius 3 is 2.81 bits per heavy atom. The third kappa shape index (κ3) is 3.52. The second-order valence-corrected chi connectivity index (χ2v) is 8.31. The molecule has 0 atom stereocenters. The number of aromatic nitrogens is 5. The van der Waals surface area contributed by atoms with Crippen LogP contribution in [-0.2, 0) is 6.42 Å². The molecule has 0 unspecified atom stereocenters. The molecule has 4 aromatic rings. The molecule has 2 N–H and O–H groups in total. The Labute approximate surface area is 180 Å². The van der Waals surface area contributed by atoms with E-state index in [-0.39, 0.29) is 12.0 Å². The number of hydrogen-bond donors (Lipinski definition) is 2. The lowest BCUT2D eigenvalue weighted by Crippen LogP contribution is -2.40. The zero-order valence-corrected chi connectivity index (χ0v) is 18.1. The van der Waals surface area contributed by atoms with Gasteiger partial charge in [0, 0.05) is 41.6 Å². The topological polar surface area (TPSA) is 91.2 Å². The van der Waals surface area contributed by atoms with E-state index in [9.17, 15) is 4.79 Å². The Kier molecular flexibility index (Phi) is 4.84. The molecule has 0 aliphatic carbocycles. The number of para-hydroxylation sites is 1. The maximum atomic E-state index is 12.8. The summed E-state index contributed by atoms with van der Waals surface area (Å²) in [6.07, 6.45) is 5.05. The quantitative estimate of drug-likeness (QED) is 0.523. The maximum absolute atomic E-state index is 12.8. The highest BCUT2D eigenvalue weighted by Gasteiger charge is 2.26. The van der Waals surface area contributed by atoms with Crippen molar-refractivity contribution in [1.29, 1.82) is 0 Å². The third-order valence-electron chi connectivity index (χ3n) is 6.27. The summed E-state index contributed by atoms with van der Waals surface area (Å²) >= 11 is 0. The number of aryl methyl sites for hydroxylation is 3. The molecule has 5 rings (SSSR count). The van der Waals surface area contributed by atoms with Gasteiger partial charge in [0.15, 0.2) is 0 Å². The molecular formula is C23H27N7O. The van der Waals surface area contributed by atoms with Crippen LogP contribution in [-0.4, -0.2) is 48.6 Å². The summed E-state index contributed by atoms with van der Waals surface area (Å²) in [5.74, 6) is 1.24. The lowest BCUT2D eigenvalue weighted by Gasteiger charge is -2.31. The molecule has 1 aromatic carbocycles. The fraction of sp³-hybridized carbons (Fsp3) is 0.391. The van der Waals surface area contributed by atoms with Crippen molar-refractivity contribution in [1.82, 2.24) is 29.5 Å². The summed E-state index contributed by atoms with van der Waals surface area (Å²) in [7, 11) is 0. The minimum Gasteiger partial charge on any atom is -0.361 e. The van der Waals surface area contributed by atoms with E-state index in [0.717, 1.165) is 30.7 Å². The van der Waals surface area contributed by atoms with Crippen molar-refractivity contribution in [3.05, 3.63) is 53.0 Å². The fourth-order valence-corrected chi connectivity index (χ4v) is 4.66. The Hall–Kier alpha value is -3.42. The first-order valence-corrected chi connectivity index (χ1v) is 10.9. The molecule has 0 spiro atoms. The monoisotopic (exact) mass is 417 g/mol. The van der Waals surface area contributed by atoms with Gasteiger partial charge in [-0.3, -0.25) is 5.32 Å². The SMILES string of the molecule is CCc1cccc2c(C3CCN(C(=O)Nc4nc5nc(C)cc(C)n5n4)CC3)c[nH]c12. The molecule has 3 aromatic heterocycles. The smallest absolute Gasteiger partial charge is 0.324 e. The predicted molar refractivity (Wildman–Crippen MR) is 120 cm³/mol. The Balaban J connectivity index is 1.27. The van der Waals surface area contributed by atoms with Gasteiger partial charge in [-0.15, -0.1) is 5.10 Å². The first kappa shape index (κ1) is 19.5. The van der Waals surface area contributed by atoms with Crippen LogP contribution < -0.4 is 5.32 Å². The molecular weight excluding hydrogens is 390 g/mol. The van der Waals surface area contributed by atoms with Crippen LogP contribution in [0.2, 0.25) is 0 Å². The van der Waals surface area contributed by atoms with Gasteiger partial charge in [0.1, 0.15) is 0 Å². The van der Waals surface area contributed by atoms with E-state index in [4.69, 9.17) is 0 Å². The van der Waals surface area contributed by atoms with E-state index in [1.165, 1.54) is 22.0 Å². The number of hydrogen-bond acceptors (Lipinski definition) is 4. The molecule has 1 fully saturated rings. The molecule has 1 aliphatic heterocycles. The largest absolute Gasteiger partial charge is 0.361 e. The van der Waals surface area contributed by atoms with Crippen molar-refractivity contribution in [3.63, 3.8) is 0 Å². The first-order chi connectivity index (χ1) is 15.0. The summed E-state index contributed by atoms with van der Waals surface area (Å²) in [5.41, 5.74) is 5.77. The number of carbonyl (C=O) groups is 1. The van der Waals surface area contributed by atoms with Gasteiger partial charge in [0.05, 0.1) is 0 Å². The van der Waals surface area contributed by atoms with Crippen LogP contribution in [0, 0.1) is 13.8 Å². The number of likely N-dealkylation sites (tertiary alicyclic amines) is 1. The fourth-order valence-electron chi connectivity index (χ4n) is 4.66. The highest BCUT2D eigenvalue weighted by atomic mass is 16.2. The summed E-state index contributed by atoms with van der Waals surface area (Å²) < 4.78 is 1.65. The third-order valence-corrected chi connectivity index (χ3v) is 6.27. The van der Waals surface area contributed by atoms with E-state index in [2.05, 4.69) is 56.7 Å². The van der Waals surface area contributed by atoms with Gasteiger partial charge < -0.3 is 9.88 Å². The molecule has 0 radical (unpaired) electrons. The minimum absolute atomic E-state index is 0.157. The van der Waals surface area contributed by atoms with Crippen LogP contribution in [0.4, 0.5) is 10.7 Å². The number of urea groups is 1. The van der Waals surface area contributed by atoms with Gasteiger partial charge in [0.25, 0.3) is 11.7 Å². The number of rotatable bonds is 3. The number of carbonyl (C=O) groups excluding carboxylic acids is 1. The van der Waals surface area contributed by atoms with E-state index >= 15 is 0 Å². The number of benzene rings is 1. The maximum Gasteiger partial charge on any atom is 0.324 e. The van der Waals surface area contributed by atoms with Crippen LogP contribution in [0.15, 0.2) is 30.5 Å². The van der Waals surface area contributed by atoms with Crippen molar-refractivity contribution in [2.24, 2.45) is 0 Å². The van der Waals surface area contributed by atoms with Crippen LogP contribution in [0.3, 0.4) is 0 Å². The van der Waals surface area contributed by atoms with Crippen LogP contribution in [0.25, 0.3) is 16.7 Å². The molecule has 8 nitrogen and oxygen atoms in total. The van der Waals surface area contributed by atoms with Gasteiger partial charge in [-0.1, -0.05) is 25.1 Å². The average Bonchev–Trinajstić information content (AvgIpc) is 3.37.